The van der Waals surface area contributed by atoms with Crippen molar-refractivity contribution in [1.29, 1.82) is 0 Å². The predicted octanol–water partition coefficient (Wildman–Crippen LogP) is 3.38. The number of nitrogens with zero attached hydrogens (tertiary/aromatic N) is 2. The Morgan fingerprint density at radius 1 is 1.12 bits per heavy atom. The van der Waals surface area contributed by atoms with Gasteiger partial charge in [-0.2, -0.15) is 0 Å². The molecule has 0 saturated carbocycles. The monoisotopic (exact) mass is 454 g/mol. The first-order valence-corrected chi connectivity index (χ1v) is 11.5. The Bertz CT molecular complexity index is 944. The number of benzene rings is 2. The van der Waals surface area contributed by atoms with Crippen molar-refractivity contribution in [2.75, 3.05) is 38.6 Å². The van der Waals surface area contributed by atoms with Crippen molar-refractivity contribution in [3.8, 4) is 11.5 Å². The van der Waals surface area contributed by atoms with Gasteiger partial charge in [0.25, 0.3) is 5.91 Å². The van der Waals surface area contributed by atoms with Crippen molar-refractivity contribution < 1.29 is 19.4 Å². The molecule has 1 saturated heterocycles. The standard InChI is InChI=1S/C25H34N4O4/c1-3-29(26-18-19-10-11-22(30)23(16-19)33-2)25(32)20-8-7-9-21(17-20)27-24(31)12-15-28-13-5-4-6-14-28/h7-11,16-17,26,30H,3-6,12-15,18H2,1-2H3,(H,27,31). The fourth-order valence-electron chi connectivity index (χ4n) is 3.90. The van der Waals surface area contributed by atoms with E-state index >= 15 is 0 Å². The average molecular weight is 455 g/mol. The molecule has 1 aliphatic heterocycles. The van der Waals surface area contributed by atoms with Gasteiger partial charge in [0, 0.05) is 37.3 Å². The van der Waals surface area contributed by atoms with Gasteiger partial charge in [0.1, 0.15) is 0 Å². The first kappa shape index (κ1) is 24.5. The van der Waals surface area contributed by atoms with Gasteiger partial charge in [-0.25, -0.2) is 5.43 Å². The minimum Gasteiger partial charge on any atom is -0.504 e. The van der Waals surface area contributed by atoms with Crippen molar-refractivity contribution in [1.82, 2.24) is 15.3 Å². The lowest BCUT2D eigenvalue weighted by Gasteiger charge is -2.26. The van der Waals surface area contributed by atoms with Crippen LogP contribution in [0.25, 0.3) is 0 Å². The van der Waals surface area contributed by atoms with E-state index in [0.29, 0.717) is 36.5 Å². The highest BCUT2D eigenvalue weighted by atomic mass is 16.5. The van der Waals surface area contributed by atoms with E-state index in [-0.39, 0.29) is 17.6 Å². The molecule has 0 radical (unpaired) electrons. The van der Waals surface area contributed by atoms with Gasteiger partial charge in [-0.1, -0.05) is 18.6 Å². The van der Waals surface area contributed by atoms with E-state index in [1.165, 1.54) is 31.4 Å². The van der Waals surface area contributed by atoms with Gasteiger partial charge in [-0.3, -0.25) is 14.6 Å². The maximum atomic E-state index is 13.0. The van der Waals surface area contributed by atoms with Gasteiger partial charge < -0.3 is 20.1 Å². The summed E-state index contributed by atoms with van der Waals surface area (Å²) >= 11 is 0. The van der Waals surface area contributed by atoms with Gasteiger partial charge in [-0.05, 0) is 68.8 Å². The van der Waals surface area contributed by atoms with Crippen molar-refractivity contribution in [3.05, 3.63) is 53.6 Å². The van der Waals surface area contributed by atoms with Crippen LogP contribution in [0, 0.1) is 0 Å². The quantitative estimate of drug-likeness (QED) is 0.477. The number of phenols is 1. The van der Waals surface area contributed by atoms with Crippen LogP contribution < -0.4 is 15.5 Å². The molecule has 3 rings (SSSR count). The van der Waals surface area contributed by atoms with E-state index in [4.69, 9.17) is 4.74 Å². The third kappa shape index (κ3) is 7.20. The van der Waals surface area contributed by atoms with Crippen LogP contribution in [0.2, 0.25) is 0 Å². The van der Waals surface area contributed by atoms with Crippen LogP contribution in [0.3, 0.4) is 0 Å². The maximum absolute atomic E-state index is 13.0. The number of anilines is 1. The lowest BCUT2D eigenvalue weighted by molar-refractivity contribution is -0.116. The van der Waals surface area contributed by atoms with Crippen LogP contribution in [-0.4, -0.2) is 60.1 Å². The Morgan fingerprint density at radius 2 is 1.91 bits per heavy atom. The molecule has 2 amide bonds. The van der Waals surface area contributed by atoms with E-state index in [1.54, 1.807) is 42.5 Å². The lowest BCUT2D eigenvalue weighted by Crippen LogP contribution is -2.42. The summed E-state index contributed by atoms with van der Waals surface area (Å²) in [5.74, 6) is 0.219. The molecule has 0 atom stereocenters. The molecular weight excluding hydrogens is 420 g/mol. The second-order valence-corrected chi connectivity index (χ2v) is 8.17. The SMILES string of the molecule is CCN(NCc1ccc(O)c(OC)c1)C(=O)c1cccc(NC(=O)CCN2CCCCC2)c1. The number of methoxy groups -OCH3 is 1. The zero-order valence-electron chi connectivity index (χ0n) is 19.5. The number of hydrazine groups is 1. The molecule has 8 nitrogen and oxygen atoms in total. The maximum Gasteiger partial charge on any atom is 0.268 e. The van der Waals surface area contributed by atoms with Gasteiger partial charge in [0.2, 0.25) is 5.91 Å². The zero-order chi connectivity index (χ0) is 23.6. The summed E-state index contributed by atoms with van der Waals surface area (Å²) in [5, 5.41) is 14.2. The van der Waals surface area contributed by atoms with Gasteiger partial charge in [0.05, 0.1) is 7.11 Å². The van der Waals surface area contributed by atoms with Crippen molar-refractivity contribution in [2.24, 2.45) is 0 Å². The van der Waals surface area contributed by atoms with E-state index in [0.717, 1.165) is 25.2 Å². The molecule has 1 aliphatic rings. The molecule has 0 aliphatic carbocycles. The van der Waals surface area contributed by atoms with Gasteiger partial charge in [-0.15, -0.1) is 0 Å². The molecule has 1 heterocycles. The van der Waals surface area contributed by atoms with Gasteiger partial charge in [0.15, 0.2) is 11.5 Å². The van der Waals surface area contributed by atoms with Gasteiger partial charge >= 0.3 is 0 Å². The second-order valence-electron chi connectivity index (χ2n) is 8.17. The Kier molecular flexibility index (Phi) is 9.09. The van der Waals surface area contributed by atoms with Crippen LogP contribution in [0.15, 0.2) is 42.5 Å². The number of aromatic hydroxyl groups is 1. The minimum atomic E-state index is -0.187. The molecule has 0 bridgehead atoms. The summed E-state index contributed by atoms with van der Waals surface area (Å²) in [6, 6.07) is 12.1. The molecule has 0 spiro atoms. The number of likely N-dealkylation sites (tertiary alicyclic amines) is 1. The van der Waals surface area contributed by atoms with Crippen molar-refractivity contribution >= 4 is 17.5 Å². The molecule has 2 aromatic rings. The topological polar surface area (TPSA) is 94.1 Å². The zero-order valence-corrected chi connectivity index (χ0v) is 19.5. The van der Waals surface area contributed by atoms with Crippen LogP contribution in [0.5, 0.6) is 11.5 Å². The lowest BCUT2D eigenvalue weighted by atomic mass is 10.1. The number of carbonyl (C=O) groups is 2. The van der Waals surface area contributed by atoms with Crippen LogP contribution >= 0.6 is 0 Å². The summed E-state index contributed by atoms with van der Waals surface area (Å²) in [7, 11) is 1.49. The predicted molar refractivity (Wildman–Crippen MR) is 128 cm³/mol. The Morgan fingerprint density at radius 3 is 2.64 bits per heavy atom. The summed E-state index contributed by atoms with van der Waals surface area (Å²) in [6.45, 7) is 5.63. The van der Waals surface area contributed by atoms with Crippen molar-refractivity contribution in [3.63, 3.8) is 0 Å². The highest BCUT2D eigenvalue weighted by Gasteiger charge is 2.16. The summed E-state index contributed by atoms with van der Waals surface area (Å²) < 4.78 is 5.14. The van der Waals surface area contributed by atoms with E-state index in [2.05, 4.69) is 15.6 Å². The summed E-state index contributed by atoms with van der Waals surface area (Å²) in [6.07, 6.45) is 4.12. The van der Waals surface area contributed by atoms with Crippen LogP contribution in [0.1, 0.15) is 48.5 Å². The number of piperidine rings is 1. The molecule has 0 unspecified atom stereocenters. The minimum absolute atomic E-state index is 0.0445. The van der Waals surface area contributed by atoms with E-state index in [9.17, 15) is 14.7 Å². The normalized spacial score (nSPS) is 14.0. The fraction of sp³-hybridized carbons (Fsp3) is 0.440. The number of nitrogens with one attached hydrogen (secondary N) is 2. The molecule has 33 heavy (non-hydrogen) atoms. The van der Waals surface area contributed by atoms with Crippen LogP contribution in [-0.2, 0) is 11.3 Å². The fourth-order valence-corrected chi connectivity index (χ4v) is 3.90. The number of ether oxygens (including phenoxy) is 1. The Balaban J connectivity index is 1.55. The smallest absolute Gasteiger partial charge is 0.268 e. The summed E-state index contributed by atoms with van der Waals surface area (Å²) in [4.78, 5) is 27.7. The van der Waals surface area contributed by atoms with Crippen molar-refractivity contribution in [2.45, 2.75) is 39.2 Å². The number of amides is 2. The molecular formula is C25H34N4O4. The highest BCUT2D eigenvalue weighted by Crippen LogP contribution is 2.26. The van der Waals surface area contributed by atoms with E-state index < -0.39 is 0 Å². The van der Waals surface area contributed by atoms with Crippen LogP contribution in [0.4, 0.5) is 5.69 Å². The summed E-state index contributed by atoms with van der Waals surface area (Å²) in [5.41, 5.74) is 5.09. The second kappa shape index (κ2) is 12.2. The van der Waals surface area contributed by atoms with E-state index in [1.807, 2.05) is 6.92 Å². The third-order valence-electron chi connectivity index (χ3n) is 5.78. The molecule has 178 valence electrons. The molecule has 3 N–H and O–H groups in total. The third-order valence-corrected chi connectivity index (χ3v) is 5.78. The number of hydrogen-bond donors (Lipinski definition) is 3. The molecule has 8 heteroatoms. The largest absolute Gasteiger partial charge is 0.504 e. The first-order chi connectivity index (χ1) is 16.0. The highest BCUT2D eigenvalue weighted by molar-refractivity contribution is 5.97. The molecule has 1 fully saturated rings. The first-order valence-electron chi connectivity index (χ1n) is 11.5. The molecule has 0 aromatic heterocycles. The average Bonchev–Trinajstić information content (AvgIpc) is 2.84. The Hall–Kier alpha value is -3.10. The number of rotatable bonds is 10. The molecule has 2 aromatic carbocycles. The number of carbonyl (C=O) groups excluding carboxylic acids is 2. The Labute approximate surface area is 195 Å². The number of phenolic OH excluding ortho intramolecular Hbond substituents is 1. The number of hydrogen-bond acceptors (Lipinski definition) is 6.